The van der Waals surface area contributed by atoms with E-state index in [0.717, 1.165) is 6.42 Å². The molecule has 0 radical (unpaired) electrons. The average molecular weight is 783 g/mol. The van der Waals surface area contributed by atoms with E-state index >= 15 is 0 Å². The van der Waals surface area contributed by atoms with Crippen LogP contribution in [-0.4, -0.2) is 3.21 Å². The van der Waals surface area contributed by atoms with Crippen molar-refractivity contribution >= 4 is 3.21 Å². The third-order valence-corrected chi connectivity index (χ3v) is 10.5. The Morgan fingerprint density at radius 3 is 1.64 bits per heavy atom. The van der Waals surface area contributed by atoms with Crippen molar-refractivity contribution in [3.05, 3.63) is 160 Å². The maximum atomic E-state index is 3.67. The molecule has 264 valence electrons. The molecule has 1 aliphatic carbocycles. The topological polar surface area (TPSA) is 0 Å². The standard InChI is InChI=1S/C21H25.C21H26.C5H5.2ClH.Zr/c1-20(2,3)16-7-9-18-14(12-16)11-15-13-17(21(4,5)6)8-10-19(15)18;1-3-5-11-18-13-7-9-15-20(18)17-21-16-10-8-14-19(21)12-6-4-2;1-2-4-5-3-1;;;/h7-10,12H,11H2,1-6H3;7-10,13-16H,3-6,11-12H2,1-2H3;1-5H;2*1H;/q-1;;-1;;;+2/p-2. The largest absolute Gasteiger partial charge is 1.00 e. The fourth-order valence-corrected chi connectivity index (χ4v) is 7.39. The average Bonchev–Trinajstić information content (AvgIpc) is 3.77. The van der Waals surface area contributed by atoms with E-state index in [1.54, 1.807) is 0 Å². The van der Waals surface area contributed by atoms with Gasteiger partial charge in [0.15, 0.2) is 0 Å². The minimum absolute atomic E-state index is 0. The van der Waals surface area contributed by atoms with E-state index in [0.29, 0.717) is 0 Å². The van der Waals surface area contributed by atoms with Crippen LogP contribution in [-0.2, 0) is 54.3 Å². The van der Waals surface area contributed by atoms with Crippen LogP contribution in [0.3, 0.4) is 0 Å². The number of rotatable bonds is 8. The quantitative estimate of drug-likeness (QED) is 0.154. The Morgan fingerprint density at radius 1 is 0.660 bits per heavy atom. The predicted octanol–water partition coefficient (Wildman–Crippen LogP) is 6.55. The molecular weight excluding hydrogens is 727 g/mol. The van der Waals surface area contributed by atoms with Gasteiger partial charge < -0.3 is 24.8 Å². The van der Waals surface area contributed by atoms with Gasteiger partial charge in [0.05, 0.1) is 0 Å². The second kappa shape index (κ2) is 20.6. The minimum Gasteiger partial charge on any atom is -1.00 e. The Bertz CT molecular complexity index is 1620. The molecule has 0 spiro atoms. The molecule has 0 unspecified atom stereocenters. The molecule has 0 saturated carbocycles. The molecule has 0 atom stereocenters. The summed E-state index contributed by atoms with van der Waals surface area (Å²) in [6, 6.07) is 43.1. The summed E-state index contributed by atoms with van der Waals surface area (Å²) in [6.45, 7) is 18.1. The molecule has 5 aromatic rings. The van der Waals surface area contributed by atoms with Crippen molar-refractivity contribution in [2.75, 3.05) is 0 Å². The van der Waals surface area contributed by atoms with Crippen LogP contribution >= 0.6 is 0 Å². The molecule has 3 heteroatoms. The second-order valence-electron chi connectivity index (χ2n) is 15.2. The fraction of sp³-hybridized carbons (Fsp3) is 0.362. The van der Waals surface area contributed by atoms with Crippen molar-refractivity contribution in [1.82, 2.24) is 0 Å². The molecular formula is C47H56Cl2Zr-2. The summed E-state index contributed by atoms with van der Waals surface area (Å²) in [6.07, 6.45) is 8.49. The summed E-state index contributed by atoms with van der Waals surface area (Å²) in [5, 5.41) is 0. The van der Waals surface area contributed by atoms with Crippen LogP contribution in [0.4, 0.5) is 0 Å². The van der Waals surface area contributed by atoms with Gasteiger partial charge in [-0.3, -0.25) is 0 Å². The molecule has 0 amide bonds. The zero-order valence-electron chi connectivity index (χ0n) is 31.6. The Kier molecular flexibility index (Phi) is 18.0. The number of halogens is 2. The number of fused-ring (bicyclic) bond motifs is 3. The molecule has 0 heterocycles. The first kappa shape index (κ1) is 43.7. The van der Waals surface area contributed by atoms with Crippen LogP contribution in [0, 0.1) is 6.07 Å². The molecule has 0 aliphatic heterocycles. The van der Waals surface area contributed by atoms with Crippen LogP contribution < -0.4 is 24.8 Å². The van der Waals surface area contributed by atoms with Gasteiger partial charge in [0.1, 0.15) is 0 Å². The SMILES string of the molecule is CC(C)(C)c1[c-]c2c(cc1)-c1ccc(C(C)(C)C)cc1C2.CCCCc1ccccc1[C](=[Zr+2])c1ccccc1CCCC.[Cl-].[Cl-].c1cc[cH-]c1. The van der Waals surface area contributed by atoms with Crippen molar-refractivity contribution in [2.45, 2.75) is 111 Å². The number of benzene rings is 4. The van der Waals surface area contributed by atoms with E-state index in [1.807, 2.05) is 30.3 Å². The van der Waals surface area contributed by atoms with Crippen molar-refractivity contribution in [3.8, 4) is 11.1 Å². The summed E-state index contributed by atoms with van der Waals surface area (Å²) in [7, 11) is 0. The summed E-state index contributed by atoms with van der Waals surface area (Å²) in [5.74, 6) is 0. The number of hydrogen-bond donors (Lipinski definition) is 0. The van der Waals surface area contributed by atoms with Gasteiger partial charge in [0, 0.05) is 0 Å². The van der Waals surface area contributed by atoms with E-state index in [9.17, 15) is 0 Å². The van der Waals surface area contributed by atoms with E-state index < -0.39 is 0 Å². The molecule has 6 rings (SSSR count). The van der Waals surface area contributed by atoms with Crippen LogP contribution in [0.1, 0.15) is 126 Å². The summed E-state index contributed by atoms with van der Waals surface area (Å²) < 4.78 is 1.52. The van der Waals surface area contributed by atoms with E-state index in [2.05, 4.69) is 140 Å². The monoisotopic (exact) mass is 780 g/mol. The van der Waals surface area contributed by atoms with Gasteiger partial charge in [-0.15, -0.1) is 11.1 Å². The Labute approximate surface area is 332 Å². The normalized spacial score (nSPS) is 11.4. The van der Waals surface area contributed by atoms with Crippen molar-refractivity contribution < 1.29 is 49.0 Å². The van der Waals surface area contributed by atoms with Gasteiger partial charge in [-0.2, -0.15) is 42.0 Å². The first-order chi connectivity index (χ1) is 22.9. The van der Waals surface area contributed by atoms with Gasteiger partial charge in [-0.25, -0.2) is 12.1 Å². The summed E-state index contributed by atoms with van der Waals surface area (Å²) in [4.78, 5) is 0. The number of hydrogen-bond acceptors (Lipinski definition) is 0. The molecule has 0 N–H and O–H groups in total. The minimum atomic E-state index is 0. The first-order valence-corrected chi connectivity index (χ1v) is 19.3. The zero-order chi connectivity index (χ0) is 34.7. The van der Waals surface area contributed by atoms with Crippen LogP contribution in [0.25, 0.3) is 11.1 Å². The first-order valence-electron chi connectivity index (χ1n) is 18.0. The van der Waals surface area contributed by atoms with Crippen molar-refractivity contribution in [2.24, 2.45) is 0 Å². The van der Waals surface area contributed by atoms with Crippen LogP contribution in [0.15, 0.2) is 109 Å². The number of aryl methyl sites for hydroxylation is 2. The smallest absolute Gasteiger partial charge is 0.172 e. The maximum Gasteiger partial charge on any atom is -0.172 e. The van der Waals surface area contributed by atoms with Crippen molar-refractivity contribution in [3.63, 3.8) is 0 Å². The van der Waals surface area contributed by atoms with Crippen LogP contribution in [0.2, 0.25) is 0 Å². The maximum absolute atomic E-state index is 3.67. The van der Waals surface area contributed by atoms with Gasteiger partial charge in [-0.1, -0.05) is 65.3 Å². The third kappa shape index (κ3) is 12.1. The van der Waals surface area contributed by atoms with Gasteiger partial charge in [0.25, 0.3) is 0 Å². The predicted molar refractivity (Wildman–Crippen MR) is 206 cm³/mol. The summed E-state index contributed by atoms with van der Waals surface area (Å²) >= 11 is 1.51. The molecule has 0 fully saturated rings. The molecule has 0 aromatic heterocycles. The van der Waals surface area contributed by atoms with E-state index in [4.69, 9.17) is 0 Å². The third-order valence-electron chi connectivity index (χ3n) is 9.19. The number of unbranched alkanes of at least 4 members (excludes halogenated alkanes) is 2. The van der Waals surface area contributed by atoms with Crippen molar-refractivity contribution in [1.29, 1.82) is 0 Å². The molecule has 0 saturated heterocycles. The fourth-order valence-electron chi connectivity index (χ4n) is 6.19. The van der Waals surface area contributed by atoms with Crippen LogP contribution in [0.5, 0.6) is 0 Å². The van der Waals surface area contributed by atoms with Gasteiger partial charge >= 0.3 is 151 Å². The molecule has 0 bridgehead atoms. The molecule has 50 heavy (non-hydrogen) atoms. The van der Waals surface area contributed by atoms with Gasteiger partial charge in [0.2, 0.25) is 0 Å². The Balaban J connectivity index is 0.000000293. The Hall–Kier alpha value is -2.44. The Morgan fingerprint density at radius 2 is 1.18 bits per heavy atom. The molecule has 5 aromatic carbocycles. The van der Waals surface area contributed by atoms with E-state index in [-0.39, 0.29) is 35.6 Å². The summed E-state index contributed by atoms with van der Waals surface area (Å²) in [5.41, 5.74) is 14.7. The molecule has 1 aliphatic rings. The van der Waals surface area contributed by atoms with Gasteiger partial charge in [-0.05, 0) is 28.4 Å². The molecule has 0 nitrogen and oxygen atoms in total. The zero-order valence-corrected chi connectivity index (χ0v) is 35.6. The second-order valence-corrected chi connectivity index (χ2v) is 16.4. The van der Waals surface area contributed by atoms with E-state index in [1.165, 1.54) is 122 Å².